The average Bonchev–Trinajstić information content (AvgIpc) is 2.18. The fraction of sp³-hybridized carbons (Fsp3) is 0.273. The number of aliphatic hydroxyl groups excluding tert-OH is 1. The summed E-state index contributed by atoms with van der Waals surface area (Å²) in [6.45, 7) is 3.56. The van der Waals surface area contributed by atoms with Crippen LogP contribution in [0.15, 0.2) is 30.9 Å². The van der Waals surface area contributed by atoms with E-state index in [9.17, 15) is 9.50 Å². The summed E-state index contributed by atoms with van der Waals surface area (Å²) in [5, 5.41) is 9.68. The molecular weight excluding hydrogens is 203 g/mol. The van der Waals surface area contributed by atoms with Gasteiger partial charge in [-0.05, 0) is 30.5 Å². The molecule has 1 atom stereocenters. The van der Waals surface area contributed by atoms with E-state index in [1.165, 1.54) is 18.2 Å². The Morgan fingerprint density at radius 3 is 2.86 bits per heavy atom. The molecule has 0 aliphatic rings. The fourth-order valence-electron chi connectivity index (χ4n) is 1.16. The van der Waals surface area contributed by atoms with E-state index in [2.05, 4.69) is 6.58 Å². The Balaban J connectivity index is 2.75. The van der Waals surface area contributed by atoms with Gasteiger partial charge in [-0.25, -0.2) is 4.39 Å². The van der Waals surface area contributed by atoms with Gasteiger partial charge in [0.15, 0.2) is 0 Å². The van der Waals surface area contributed by atoms with Crippen LogP contribution in [0, 0.1) is 5.82 Å². The zero-order valence-corrected chi connectivity index (χ0v) is 8.47. The molecule has 0 aromatic heterocycles. The molecule has 0 aliphatic carbocycles. The molecule has 76 valence electrons. The molecule has 0 amide bonds. The predicted molar refractivity (Wildman–Crippen MR) is 55.8 cm³/mol. The van der Waals surface area contributed by atoms with E-state index in [4.69, 9.17) is 11.6 Å². The van der Waals surface area contributed by atoms with Crippen LogP contribution in [0.3, 0.4) is 0 Å². The topological polar surface area (TPSA) is 20.2 Å². The second-order valence-corrected chi connectivity index (χ2v) is 3.46. The highest BCUT2D eigenvalue weighted by Gasteiger charge is 2.08. The highest BCUT2D eigenvalue weighted by atomic mass is 35.5. The lowest BCUT2D eigenvalue weighted by Gasteiger charge is -2.09. The van der Waals surface area contributed by atoms with Crippen molar-refractivity contribution in [3.8, 4) is 0 Å². The van der Waals surface area contributed by atoms with Crippen LogP contribution in [0.2, 0.25) is 5.02 Å². The van der Waals surface area contributed by atoms with Crippen LogP contribution >= 0.6 is 11.6 Å². The lowest BCUT2D eigenvalue weighted by Crippen LogP contribution is -1.97. The van der Waals surface area contributed by atoms with Crippen LogP contribution in [0.4, 0.5) is 4.39 Å². The molecule has 0 spiro atoms. The molecule has 0 saturated heterocycles. The molecular formula is C11H12ClFO. The number of hydrogen-bond acceptors (Lipinski definition) is 1. The molecule has 1 aromatic carbocycles. The first kappa shape index (κ1) is 11.2. The van der Waals surface area contributed by atoms with Crippen molar-refractivity contribution in [1.82, 2.24) is 0 Å². The van der Waals surface area contributed by atoms with Gasteiger partial charge in [-0.3, -0.25) is 0 Å². The molecule has 0 fully saturated rings. The second-order valence-electron chi connectivity index (χ2n) is 3.06. The Bertz CT molecular complexity index is 325. The normalized spacial score (nSPS) is 12.5. The molecule has 3 heteroatoms. The van der Waals surface area contributed by atoms with Gasteiger partial charge in [-0.1, -0.05) is 23.7 Å². The standard InChI is InChI=1S/C11H12ClFO/c1-2-3-4-11(14)8-5-6-10(13)9(12)7-8/h2,5-7,11,14H,1,3-4H2. The highest BCUT2D eigenvalue weighted by Crippen LogP contribution is 2.23. The van der Waals surface area contributed by atoms with E-state index < -0.39 is 11.9 Å². The van der Waals surface area contributed by atoms with Crippen LogP contribution in [0.25, 0.3) is 0 Å². The largest absolute Gasteiger partial charge is 0.388 e. The highest BCUT2D eigenvalue weighted by molar-refractivity contribution is 6.30. The van der Waals surface area contributed by atoms with Crippen molar-refractivity contribution in [3.05, 3.63) is 47.3 Å². The number of halogens is 2. The van der Waals surface area contributed by atoms with E-state index in [0.717, 1.165) is 6.42 Å². The third kappa shape index (κ3) is 2.82. The molecule has 1 rings (SSSR count). The van der Waals surface area contributed by atoms with Gasteiger partial charge in [0.1, 0.15) is 5.82 Å². The summed E-state index contributed by atoms with van der Waals surface area (Å²) in [4.78, 5) is 0. The zero-order chi connectivity index (χ0) is 10.6. The van der Waals surface area contributed by atoms with E-state index in [0.29, 0.717) is 12.0 Å². The molecule has 1 unspecified atom stereocenters. The van der Waals surface area contributed by atoms with Crippen molar-refractivity contribution in [1.29, 1.82) is 0 Å². The molecule has 1 N–H and O–H groups in total. The number of allylic oxidation sites excluding steroid dienone is 1. The van der Waals surface area contributed by atoms with Crippen LogP contribution in [0.5, 0.6) is 0 Å². The van der Waals surface area contributed by atoms with Crippen LogP contribution < -0.4 is 0 Å². The lowest BCUT2D eigenvalue weighted by atomic mass is 10.1. The number of hydrogen-bond donors (Lipinski definition) is 1. The minimum Gasteiger partial charge on any atom is -0.388 e. The van der Waals surface area contributed by atoms with E-state index in [1.54, 1.807) is 6.08 Å². The SMILES string of the molecule is C=CCCC(O)c1ccc(F)c(Cl)c1. The number of rotatable bonds is 4. The summed E-state index contributed by atoms with van der Waals surface area (Å²) in [5.41, 5.74) is 0.637. The summed E-state index contributed by atoms with van der Waals surface area (Å²) in [6, 6.07) is 4.24. The molecule has 0 radical (unpaired) electrons. The Morgan fingerprint density at radius 2 is 2.29 bits per heavy atom. The average molecular weight is 215 g/mol. The first-order valence-corrected chi connectivity index (χ1v) is 4.77. The maximum atomic E-state index is 12.8. The van der Waals surface area contributed by atoms with Crippen molar-refractivity contribution < 1.29 is 9.50 Å². The van der Waals surface area contributed by atoms with E-state index >= 15 is 0 Å². The van der Waals surface area contributed by atoms with Gasteiger partial charge in [0, 0.05) is 0 Å². The minimum absolute atomic E-state index is 0.0418. The van der Waals surface area contributed by atoms with Crippen LogP contribution in [0.1, 0.15) is 24.5 Å². The Labute approximate surface area is 87.8 Å². The number of benzene rings is 1. The quantitative estimate of drug-likeness (QED) is 0.761. The van der Waals surface area contributed by atoms with Crippen molar-refractivity contribution in [2.75, 3.05) is 0 Å². The Morgan fingerprint density at radius 1 is 1.57 bits per heavy atom. The van der Waals surface area contributed by atoms with E-state index in [-0.39, 0.29) is 5.02 Å². The van der Waals surface area contributed by atoms with Crippen molar-refractivity contribution in [2.45, 2.75) is 18.9 Å². The van der Waals surface area contributed by atoms with Crippen LogP contribution in [-0.2, 0) is 0 Å². The molecule has 0 saturated carbocycles. The molecule has 1 aromatic rings. The first-order valence-electron chi connectivity index (χ1n) is 4.39. The molecule has 0 heterocycles. The monoisotopic (exact) mass is 214 g/mol. The Hall–Kier alpha value is -0.860. The second kappa shape index (κ2) is 5.13. The van der Waals surface area contributed by atoms with Gasteiger partial charge < -0.3 is 5.11 Å². The third-order valence-electron chi connectivity index (χ3n) is 1.97. The van der Waals surface area contributed by atoms with Crippen molar-refractivity contribution in [3.63, 3.8) is 0 Å². The molecule has 0 aliphatic heterocycles. The maximum Gasteiger partial charge on any atom is 0.141 e. The van der Waals surface area contributed by atoms with Crippen molar-refractivity contribution in [2.24, 2.45) is 0 Å². The summed E-state index contributed by atoms with van der Waals surface area (Å²) in [5.74, 6) is -0.466. The number of aliphatic hydroxyl groups is 1. The maximum absolute atomic E-state index is 12.8. The molecule has 1 nitrogen and oxygen atoms in total. The van der Waals surface area contributed by atoms with Gasteiger partial charge >= 0.3 is 0 Å². The van der Waals surface area contributed by atoms with Gasteiger partial charge in [0.25, 0.3) is 0 Å². The van der Waals surface area contributed by atoms with Gasteiger partial charge in [-0.2, -0.15) is 0 Å². The Kier molecular flexibility index (Phi) is 4.11. The summed E-state index contributed by atoms with van der Waals surface area (Å²) in [7, 11) is 0. The fourth-order valence-corrected chi connectivity index (χ4v) is 1.35. The van der Waals surface area contributed by atoms with Gasteiger partial charge in [-0.15, -0.1) is 6.58 Å². The summed E-state index contributed by atoms with van der Waals surface area (Å²) >= 11 is 5.59. The summed E-state index contributed by atoms with van der Waals surface area (Å²) < 4.78 is 12.8. The van der Waals surface area contributed by atoms with Gasteiger partial charge in [0.2, 0.25) is 0 Å². The minimum atomic E-state index is -0.605. The third-order valence-corrected chi connectivity index (χ3v) is 2.26. The first-order chi connectivity index (χ1) is 6.65. The smallest absolute Gasteiger partial charge is 0.141 e. The lowest BCUT2D eigenvalue weighted by molar-refractivity contribution is 0.168. The van der Waals surface area contributed by atoms with Gasteiger partial charge in [0.05, 0.1) is 11.1 Å². The van der Waals surface area contributed by atoms with Crippen LogP contribution in [-0.4, -0.2) is 5.11 Å². The molecule has 14 heavy (non-hydrogen) atoms. The van der Waals surface area contributed by atoms with Crippen molar-refractivity contribution >= 4 is 11.6 Å². The zero-order valence-electron chi connectivity index (χ0n) is 7.71. The van der Waals surface area contributed by atoms with E-state index in [1.807, 2.05) is 0 Å². The molecule has 0 bridgehead atoms. The predicted octanol–water partition coefficient (Wildman–Crippen LogP) is 3.48. The summed E-state index contributed by atoms with van der Waals surface area (Å²) in [6.07, 6.45) is 2.42.